The van der Waals surface area contributed by atoms with Crippen molar-refractivity contribution in [3.8, 4) is 11.5 Å². The molecule has 0 aliphatic rings. The van der Waals surface area contributed by atoms with Gasteiger partial charge in [0.05, 0.1) is 6.61 Å². The number of halogens is 1. The normalized spacial score (nSPS) is 10.7. The average molecular weight is 430 g/mol. The van der Waals surface area contributed by atoms with Crippen molar-refractivity contribution in [1.82, 2.24) is 14.8 Å². The van der Waals surface area contributed by atoms with E-state index in [4.69, 9.17) is 21.1 Å². The summed E-state index contributed by atoms with van der Waals surface area (Å²) in [4.78, 5) is 0. The van der Waals surface area contributed by atoms with Gasteiger partial charge in [0.1, 0.15) is 6.61 Å². The number of rotatable bonds is 10. The molecular weight excluding hydrogens is 406 g/mol. The Bertz CT molecular complexity index is 974. The maximum atomic E-state index is 6.26. The van der Waals surface area contributed by atoms with Gasteiger partial charge >= 0.3 is 0 Å². The Hall–Kier alpha value is -2.44. The molecule has 0 aliphatic carbocycles. The van der Waals surface area contributed by atoms with Gasteiger partial charge in [0.2, 0.25) is 0 Å². The molecule has 0 spiro atoms. The Morgan fingerprint density at radius 1 is 1.14 bits per heavy atom. The first-order valence-electron chi connectivity index (χ1n) is 9.37. The Labute approximate surface area is 180 Å². The van der Waals surface area contributed by atoms with E-state index < -0.39 is 0 Å². The molecular formula is C22H24ClN3O2S. The highest BCUT2D eigenvalue weighted by Gasteiger charge is 2.14. The van der Waals surface area contributed by atoms with Crippen LogP contribution in [0, 0.1) is 6.92 Å². The van der Waals surface area contributed by atoms with Crippen molar-refractivity contribution in [2.24, 2.45) is 0 Å². The molecule has 152 valence electrons. The van der Waals surface area contributed by atoms with E-state index in [2.05, 4.69) is 16.8 Å². The standard InChI is InChI=1S/C22H24ClN3O2S/c1-4-12-26-21(14-28-19-11-10-16(3)13-20(19)27-5-2)24-25-22(26)29-15-17-8-6-7-9-18(17)23/h4,6-11,13H,1,5,12,14-15H2,2-3H3. The van der Waals surface area contributed by atoms with E-state index in [-0.39, 0.29) is 6.61 Å². The van der Waals surface area contributed by atoms with E-state index in [9.17, 15) is 0 Å². The van der Waals surface area contributed by atoms with Gasteiger partial charge < -0.3 is 9.47 Å². The predicted octanol–water partition coefficient (Wildman–Crippen LogP) is 5.70. The predicted molar refractivity (Wildman–Crippen MR) is 118 cm³/mol. The minimum absolute atomic E-state index is 0.288. The fourth-order valence-electron chi connectivity index (χ4n) is 2.75. The Morgan fingerprint density at radius 3 is 2.72 bits per heavy atom. The second-order valence-electron chi connectivity index (χ2n) is 6.35. The van der Waals surface area contributed by atoms with Crippen molar-refractivity contribution in [2.75, 3.05) is 6.61 Å². The molecule has 1 heterocycles. The Kier molecular flexibility index (Phi) is 7.61. The maximum Gasteiger partial charge on any atom is 0.191 e. The first kappa shape index (κ1) is 21.3. The SMILES string of the molecule is C=CCn1c(COc2ccc(C)cc2OCC)nnc1SCc1ccccc1Cl. The van der Waals surface area contributed by atoms with Crippen LogP contribution < -0.4 is 9.47 Å². The molecule has 2 aromatic carbocycles. The number of hydrogen-bond donors (Lipinski definition) is 0. The summed E-state index contributed by atoms with van der Waals surface area (Å²) < 4.78 is 13.7. The van der Waals surface area contributed by atoms with Gasteiger partial charge in [0.15, 0.2) is 22.5 Å². The minimum atomic E-state index is 0.288. The molecule has 0 unspecified atom stereocenters. The summed E-state index contributed by atoms with van der Waals surface area (Å²) >= 11 is 7.85. The van der Waals surface area contributed by atoms with E-state index in [1.165, 1.54) is 0 Å². The molecule has 0 bridgehead atoms. The summed E-state index contributed by atoms with van der Waals surface area (Å²) in [7, 11) is 0. The molecule has 0 saturated carbocycles. The Morgan fingerprint density at radius 2 is 1.97 bits per heavy atom. The molecule has 0 saturated heterocycles. The van der Waals surface area contributed by atoms with Gasteiger partial charge in [0, 0.05) is 17.3 Å². The van der Waals surface area contributed by atoms with Crippen molar-refractivity contribution in [2.45, 2.75) is 37.9 Å². The summed E-state index contributed by atoms with van der Waals surface area (Å²) in [6.45, 7) is 9.29. The average Bonchev–Trinajstić information content (AvgIpc) is 3.09. The molecule has 3 aromatic rings. The molecule has 7 heteroatoms. The quantitative estimate of drug-likeness (QED) is 0.306. The number of benzene rings is 2. The van der Waals surface area contributed by atoms with E-state index in [1.54, 1.807) is 11.8 Å². The van der Waals surface area contributed by atoms with Gasteiger partial charge in [-0.1, -0.05) is 53.7 Å². The topological polar surface area (TPSA) is 49.2 Å². The second-order valence-corrected chi connectivity index (χ2v) is 7.70. The Balaban J connectivity index is 1.73. The van der Waals surface area contributed by atoms with Crippen molar-refractivity contribution in [3.05, 3.63) is 77.1 Å². The highest BCUT2D eigenvalue weighted by Crippen LogP contribution is 2.30. The fraction of sp³-hybridized carbons (Fsp3) is 0.273. The first-order chi connectivity index (χ1) is 14.1. The summed E-state index contributed by atoms with van der Waals surface area (Å²) in [5.74, 6) is 2.86. The molecule has 0 fully saturated rings. The summed E-state index contributed by atoms with van der Waals surface area (Å²) in [5.41, 5.74) is 2.18. The zero-order valence-corrected chi connectivity index (χ0v) is 18.2. The number of allylic oxidation sites excluding steroid dienone is 1. The lowest BCUT2D eigenvalue weighted by molar-refractivity contribution is 0.259. The van der Waals surface area contributed by atoms with Gasteiger partial charge in [0.25, 0.3) is 0 Å². The van der Waals surface area contributed by atoms with Gasteiger partial charge in [-0.3, -0.25) is 4.57 Å². The van der Waals surface area contributed by atoms with E-state index in [1.807, 2.05) is 67.0 Å². The maximum absolute atomic E-state index is 6.26. The van der Waals surface area contributed by atoms with Crippen LogP contribution in [0.1, 0.15) is 23.9 Å². The van der Waals surface area contributed by atoms with Crippen molar-refractivity contribution < 1.29 is 9.47 Å². The van der Waals surface area contributed by atoms with Crippen LogP contribution in [0.3, 0.4) is 0 Å². The number of aromatic nitrogens is 3. The molecule has 1 aromatic heterocycles. The lowest BCUT2D eigenvalue weighted by Crippen LogP contribution is -2.08. The van der Waals surface area contributed by atoms with E-state index in [0.29, 0.717) is 24.7 Å². The lowest BCUT2D eigenvalue weighted by Gasteiger charge is -2.13. The summed E-state index contributed by atoms with van der Waals surface area (Å²) in [6.07, 6.45) is 1.82. The number of ether oxygens (including phenoxy) is 2. The molecule has 0 N–H and O–H groups in total. The zero-order valence-electron chi connectivity index (χ0n) is 16.6. The van der Waals surface area contributed by atoms with Crippen molar-refractivity contribution >= 4 is 23.4 Å². The zero-order chi connectivity index (χ0) is 20.6. The van der Waals surface area contributed by atoms with Crippen molar-refractivity contribution in [3.63, 3.8) is 0 Å². The molecule has 29 heavy (non-hydrogen) atoms. The summed E-state index contributed by atoms with van der Waals surface area (Å²) in [5, 5.41) is 10.2. The second kappa shape index (κ2) is 10.4. The van der Waals surface area contributed by atoms with Crippen LogP contribution in [0.25, 0.3) is 0 Å². The fourth-order valence-corrected chi connectivity index (χ4v) is 4.00. The molecule has 5 nitrogen and oxygen atoms in total. The molecule has 0 radical (unpaired) electrons. The van der Waals surface area contributed by atoms with Gasteiger partial charge in [-0.2, -0.15) is 0 Å². The highest BCUT2D eigenvalue weighted by atomic mass is 35.5. The monoisotopic (exact) mass is 429 g/mol. The number of nitrogens with zero attached hydrogens (tertiary/aromatic N) is 3. The molecule has 3 rings (SSSR count). The van der Waals surface area contributed by atoms with Crippen LogP contribution in [0.15, 0.2) is 60.3 Å². The van der Waals surface area contributed by atoms with Crippen LogP contribution in [-0.4, -0.2) is 21.4 Å². The van der Waals surface area contributed by atoms with Gasteiger partial charge in [-0.15, -0.1) is 16.8 Å². The summed E-state index contributed by atoms with van der Waals surface area (Å²) in [6, 6.07) is 13.7. The van der Waals surface area contributed by atoms with Crippen LogP contribution >= 0.6 is 23.4 Å². The number of aryl methyl sites for hydroxylation is 1. The minimum Gasteiger partial charge on any atom is -0.490 e. The van der Waals surface area contributed by atoms with Crippen LogP contribution in [-0.2, 0) is 18.9 Å². The molecule has 0 aliphatic heterocycles. The number of thioether (sulfide) groups is 1. The molecule has 0 atom stereocenters. The molecule has 0 amide bonds. The number of hydrogen-bond acceptors (Lipinski definition) is 5. The van der Waals surface area contributed by atoms with E-state index in [0.717, 1.165) is 32.9 Å². The van der Waals surface area contributed by atoms with Crippen LogP contribution in [0.2, 0.25) is 5.02 Å². The van der Waals surface area contributed by atoms with Gasteiger partial charge in [-0.25, -0.2) is 0 Å². The first-order valence-corrected chi connectivity index (χ1v) is 10.7. The highest BCUT2D eigenvalue weighted by molar-refractivity contribution is 7.98. The van der Waals surface area contributed by atoms with E-state index >= 15 is 0 Å². The lowest BCUT2D eigenvalue weighted by atomic mass is 10.2. The van der Waals surface area contributed by atoms with Crippen molar-refractivity contribution in [1.29, 1.82) is 0 Å². The third-order valence-corrected chi connectivity index (χ3v) is 5.56. The third-order valence-electron chi connectivity index (χ3n) is 4.18. The van der Waals surface area contributed by atoms with Gasteiger partial charge in [-0.05, 0) is 43.2 Å². The van der Waals surface area contributed by atoms with Crippen LogP contribution in [0.4, 0.5) is 0 Å². The van der Waals surface area contributed by atoms with Crippen LogP contribution in [0.5, 0.6) is 11.5 Å². The third kappa shape index (κ3) is 5.55. The smallest absolute Gasteiger partial charge is 0.191 e. The largest absolute Gasteiger partial charge is 0.490 e.